The molecule has 3 rings (SSSR count). The number of nitrogens with zero attached hydrogens (tertiary/aromatic N) is 2. The van der Waals surface area contributed by atoms with Crippen molar-refractivity contribution in [3.8, 4) is 0 Å². The van der Waals surface area contributed by atoms with Gasteiger partial charge in [0.1, 0.15) is 0 Å². The van der Waals surface area contributed by atoms with E-state index in [1.807, 2.05) is 0 Å². The number of hydrogen-bond acceptors (Lipinski definition) is 5. The minimum absolute atomic E-state index is 0.0565. The van der Waals surface area contributed by atoms with Crippen molar-refractivity contribution in [2.75, 3.05) is 52.5 Å². The maximum absolute atomic E-state index is 12.8. The number of halogens is 1. The highest BCUT2D eigenvalue weighted by atomic mass is 79.9. The van der Waals surface area contributed by atoms with Crippen LogP contribution in [0.4, 0.5) is 0 Å². The van der Waals surface area contributed by atoms with Crippen LogP contribution >= 0.6 is 15.9 Å². The first-order valence-corrected chi connectivity index (χ1v) is 11.5. The summed E-state index contributed by atoms with van der Waals surface area (Å²) in [7, 11) is -3.57. The number of piperidine rings is 1. The monoisotopic (exact) mass is 459 g/mol. The van der Waals surface area contributed by atoms with Crippen molar-refractivity contribution in [3.63, 3.8) is 0 Å². The maximum Gasteiger partial charge on any atom is 0.243 e. The predicted molar refractivity (Wildman–Crippen MR) is 106 cm³/mol. The van der Waals surface area contributed by atoms with Crippen LogP contribution in [0.25, 0.3) is 0 Å². The molecule has 0 saturated carbocycles. The molecular formula is C18H26BrN3O4S. The molecule has 2 aliphatic rings. The fourth-order valence-corrected chi connectivity index (χ4v) is 5.22. The van der Waals surface area contributed by atoms with Crippen LogP contribution in [0.2, 0.25) is 0 Å². The lowest BCUT2D eigenvalue weighted by Gasteiger charge is -2.31. The average molecular weight is 460 g/mol. The summed E-state index contributed by atoms with van der Waals surface area (Å²) in [5, 5.41) is 2.97. The molecule has 27 heavy (non-hydrogen) atoms. The van der Waals surface area contributed by atoms with Gasteiger partial charge in [0.2, 0.25) is 15.9 Å². The van der Waals surface area contributed by atoms with Crippen molar-refractivity contribution in [2.45, 2.75) is 17.7 Å². The molecule has 0 bridgehead atoms. The van der Waals surface area contributed by atoms with Gasteiger partial charge in [-0.1, -0.05) is 15.9 Å². The van der Waals surface area contributed by atoms with E-state index in [4.69, 9.17) is 4.74 Å². The van der Waals surface area contributed by atoms with Crippen LogP contribution in [-0.4, -0.2) is 76.0 Å². The standard InChI is InChI=1S/C18H26BrN3O4S/c19-16-3-5-17(6-4-16)27(24,25)22-8-1-2-15(14-22)18(23)20-7-9-21-10-12-26-13-11-21/h3-6,15H,1-2,7-14H2,(H,20,23)/t15-/m0/s1. The first kappa shape index (κ1) is 20.7. The number of morpholine rings is 1. The lowest BCUT2D eigenvalue weighted by molar-refractivity contribution is -0.126. The molecule has 2 aliphatic heterocycles. The summed E-state index contributed by atoms with van der Waals surface area (Å²) < 4.78 is 33.3. The highest BCUT2D eigenvalue weighted by Gasteiger charge is 2.33. The number of amides is 1. The minimum atomic E-state index is -3.57. The van der Waals surface area contributed by atoms with Gasteiger partial charge >= 0.3 is 0 Å². The van der Waals surface area contributed by atoms with Gasteiger partial charge in [0.25, 0.3) is 0 Å². The van der Waals surface area contributed by atoms with Gasteiger partial charge in [-0.2, -0.15) is 4.31 Å². The van der Waals surface area contributed by atoms with Crippen LogP contribution in [0.5, 0.6) is 0 Å². The normalized spacial score (nSPS) is 22.5. The van der Waals surface area contributed by atoms with Crippen LogP contribution in [0.1, 0.15) is 12.8 Å². The van der Waals surface area contributed by atoms with Gasteiger partial charge < -0.3 is 10.1 Å². The number of sulfonamides is 1. The molecule has 9 heteroatoms. The SMILES string of the molecule is O=C(NCCN1CCOCC1)[C@H]1CCCN(S(=O)(=O)c2ccc(Br)cc2)C1. The number of ether oxygens (including phenoxy) is 1. The molecule has 0 aromatic heterocycles. The van der Waals surface area contributed by atoms with Crippen LogP contribution < -0.4 is 5.32 Å². The van der Waals surface area contributed by atoms with E-state index in [0.717, 1.165) is 43.7 Å². The molecule has 2 saturated heterocycles. The maximum atomic E-state index is 12.8. The van der Waals surface area contributed by atoms with Crippen LogP contribution in [-0.2, 0) is 19.6 Å². The van der Waals surface area contributed by atoms with E-state index in [2.05, 4.69) is 26.1 Å². The topological polar surface area (TPSA) is 79.0 Å². The number of hydrogen-bond donors (Lipinski definition) is 1. The van der Waals surface area contributed by atoms with Crippen molar-refractivity contribution < 1.29 is 17.9 Å². The molecule has 1 atom stereocenters. The summed E-state index contributed by atoms with van der Waals surface area (Å²) in [6.45, 7) is 5.31. The molecular weight excluding hydrogens is 434 g/mol. The zero-order valence-electron chi connectivity index (χ0n) is 15.3. The largest absolute Gasteiger partial charge is 0.379 e. The molecule has 2 fully saturated rings. The first-order chi connectivity index (χ1) is 13.0. The molecule has 0 radical (unpaired) electrons. The Morgan fingerprint density at radius 3 is 2.59 bits per heavy atom. The fraction of sp³-hybridized carbons (Fsp3) is 0.611. The van der Waals surface area contributed by atoms with Gasteiger partial charge in [0.05, 0.1) is 24.0 Å². The summed E-state index contributed by atoms with van der Waals surface area (Å²) in [5.74, 6) is -0.354. The van der Waals surface area contributed by atoms with E-state index >= 15 is 0 Å². The van der Waals surface area contributed by atoms with Gasteiger partial charge in [0.15, 0.2) is 0 Å². The van der Waals surface area contributed by atoms with Crippen molar-refractivity contribution >= 4 is 31.9 Å². The Hall–Kier alpha value is -1.00. The number of carbonyl (C=O) groups is 1. The summed E-state index contributed by atoms with van der Waals surface area (Å²) in [6, 6.07) is 6.61. The smallest absolute Gasteiger partial charge is 0.243 e. The summed E-state index contributed by atoms with van der Waals surface area (Å²) in [6.07, 6.45) is 1.41. The summed E-state index contributed by atoms with van der Waals surface area (Å²) >= 11 is 3.32. The van der Waals surface area contributed by atoms with Crippen molar-refractivity contribution in [2.24, 2.45) is 5.92 Å². The Morgan fingerprint density at radius 1 is 1.19 bits per heavy atom. The number of carbonyl (C=O) groups excluding carboxylic acids is 1. The molecule has 0 spiro atoms. The van der Waals surface area contributed by atoms with Gasteiger partial charge in [0, 0.05) is 43.7 Å². The number of rotatable bonds is 6. The zero-order chi connectivity index (χ0) is 19.3. The highest BCUT2D eigenvalue weighted by molar-refractivity contribution is 9.10. The Morgan fingerprint density at radius 2 is 1.89 bits per heavy atom. The molecule has 7 nitrogen and oxygen atoms in total. The molecule has 1 aromatic carbocycles. The van der Waals surface area contributed by atoms with Crippen LogP contribution in [0.15, 0.2) is 33.6 Å². The van der Waals surface area contributed by atoms with E-state index < -0.39 is 10.0 Å². The third-order valence-corrected chi connectivity index (χ3v) is 7.45. The first-order valence-electron chi connectivity index (χ1n) is 9.30. The summed E-state index contributed by atoms with van der Waals surface area (Å²) in [5.41, 5.74) is 0. The fourth-order valence-electron chi connectivity index (χ4n) is 3.44. The van der Waals surface area contributed by atoms with Gasteiger partial charge in [-0.25, -0.2) is 8.42 Å². The minimum Gasteiger partial charge on any atom is -0.379 e. The van der Waals surface area contributed by atoms with Crippen LogP contribution in [0, 0.1) is 5.92 Å². The van der Waals surface area contributed by atoms with Crippen LogP contribution in [0.3, 0.4) is 0 Å². The summed E-state index contributed by atoms with van der Waals surface area (Å²) in [4.78, 5) is 15.0. The van der Waals surface area contributed by atoms with E-state index in [1.54, 1.807) is 24.3 Å². The van der Waals surface area contributed by atoms with Gasteiger partial charge in [-0.05, 0) is 37.1 Å². The van der Waals surface area contributed by atoms with Gasteiger partial charge in [-0.15, -0.1) is 0 Å². The lowest BCUT2D eigenvalue weighted by Crippen LogP contribution is -2.47. The van der Waals surface area contributed by atoms with Crippen molar-refractivity contribution in [3.05, 3.63) is 28.7 Å². The highest BCUT2D eigenvalue weighted by Crippen LogP contribution is 2.24. The molecule has 1 N–H and O–H groups in total. The quantitative estimate of drug-likeness (QED) is 0.693. The van der Waals surface area contributed by atoms with Crippen molar-refractivity contribution in [1.82, 2.24) is 14.5 Å². The van der Waals surface area contributed by atoms with E-state index in [1.165, 1.54) is 4.31 Å². The Balaban J connectivity index is 1.53. The Bertz CT molecular complexity index is 735. The van der Waals surface area contributed by atoms with E-state index in [0.29, 0.717) is 19.5 Å². The lowest BCUT2D eigenvalue weighted by atomic mass is 9.99. The molecule has 150 valence electrons. The van der Waals surface area contributed by atoms with E-state index in [-0.39, 0.29) is 23.3 Å². The molecule has 1 aromatic rings. The second kappa shape index (κ2) is 9.47. The second-order valence-electron chi connectivity index (χ2n) is 6.90. The molecule has 0 unspecified atom stereocenters. The number of nitrogens with one attached hydrogen (secondary N) is 1. The second-order valence-corrected chi connectivity index (χ2v) is 9.75. The van der Waals surface area contributed by atoms with Gasteiger partial charge in [-0.3, -0.25) is 9.69 Å². The molecule has 2 heterocycles. The Kier molecular flexibility index (Phi) is 7.27. The predicted octanol–water partition coefficient (Wildman–Crippen LogP) is 1.30. The zero-order valence-corrected chi connectivity index (χ0v) is 17.7. The van der Waals surface area contributed by atoms with Crippen molar-refractivity contribution in [1.29, 1.82) is 0 Å². The molecule has 1 amide bonds. The third kappa shape index (κ3) is 5.51. The van der Waals surface area contributed by atoms with E-state index in [9.17, 15) is 13.2 Å². The Labute approximate surface area is 169 Å². The third-order valence-electron chi connectivity index (χ3n) is 5.04. The number of benzene rings is 1. The molecule has 0 aliphatic carbocycles. The average Bonchev–Trinajstić information content (AvgIpc) is 2.69.